The lowest BCUT2D eigenvalue weighted by Gasteiger charge is -2.21. The topological polar surface area (TPSA) is 54.5 Å². The molecule has 4 nitrogen and oxygen atoms in total. The smallest absolute Gasteiger partial charge is 0.261 e. The van der Waals surface area contributed by atoms with E-state index in [0.717, 1.165) is 37.9 Å². The molecule has 1 fully saturated rings. The van der Waals surface area contributed by atoms with Gasteiger partial charge in [-0.15, -0.1) is 0 Å². The minimum absolute atomic E-state index is 0.0266. The van der Waals surface area contributed by atoms with Gasteiger partial charge in [0.1, 0.15) is 0 Å². The Kier molecular flexibility index (Phi) is 4.94. The molecule has 0 saturated carbocycles. The van der Waals surface area contributed by atoms with E-state index in [2.05, 4.69) is 6.92 Å². The van der Waals surface area contributed by atoms with Gasteiger partial charge in [-0.1, -0.05) is 13.0 Å². The predicted molar refractivity (Wildman–Crippen MR) is 83.1 cm³/mol. The first-order chi connectivity index (χ1) is 9.79. The summed E-state index contributed by atoms with van der Waals surface area (Å²) < 4.78 is 22.9. The molecular formula is C15H20ClNO3S. The highest BCUT2D eigenvalue weighted by atomic mass is 35.7. The number of halogens is 1. The molecule has 1 aliphatic rings. The Labute approximate surface area is 130 Å². The third-order valence-corrected chi connectivity index (χ3v) is 5.38. The molecule has 0 aromatic heterocycles. The molecule has 116 valence electrons. The van der Waals surface area contributed by atoms with Crippen molar-refractivity contribution in [2.24, 2.45) is 5.92 Å². The molecule has 0 radical (unpaired) electrons. The minimum Gasteiger partial charge on any atom is -0.339 e. The molecule has 0 aliphatic carbocycles. The van der Waals surface area contributed by atoms with Crippen LogP contribution in [-0.2, 0) is 9.05 Å². The molecule has 6 heteroatoms. The molecule has 1 amide bonds. The maximum Gasteiger partial charge on any atom is 0.261 e. The van der Waals surface area contributed by atoms with E-state index >= 15 is 0 Å². The maximum absolute atomic E-state index is 12.6. The zero-order chi connectivity index (χ0) is 15.6. The Bertz CT molecular complexity index is 642. The fraction of sp³-hybridized carbons (Fsp3) is 0.533. The van der Waals surface area contributed by atoms with Crippen LogP contribution >= 0.6 is 10.7 Å². The second kappa shape index (κ2) is 6.36. The van der Waals surface area contributed by atoms with E-state index < -0.39 is 9.05 Å². The van der Waals surface area contributed by atoms with E-state index in [9.17, 15) is 13.2 Å². The number of hydrogen-bond donors (Lipinski definition) is 0. The molecule has 0 bridgehead atoms. The minimum atomic E-state index is -3.82. The standard InChI is InChI=1S/C15H20ClNO3S/c1-11-4-3-8-17(9-7-11)15(18)14-10-13(21(16,19)20)6-5-12(14)2/h5-6,10-11H,3-4,7-9H2,1-2H3. The summed E-state index contributed by atoms with van der Waals surface area (Å²) in [7, 11) is 1.55. The van der Waals surface area contributed by atoms with E-state index in [-0.39, 0.29) is 10.8 Å². The Morgan fingerprint density at radius 1 is 1.29 bits per heavy atom. The van der Waals surface area contributed by atoms with Crippen LogP contribution in [0.3, 0.4) is 0 Å². The summed E-state index contributed by atoms with van der Waals surface area (Å²) in [6.45, 7) is 5.44. The third kappa shape index (κ3) is 3.98. The van der Waals surface area contributed by atoms with Crippen LogP contribution in [0.2, 0.25) is 0 Å². The number of rotatable bonds is 2. The molecule has 1 saturated heterocycles. The van der Waals surface area contributed by atoms with Crippen LogP contribution in [0.1, 0.15) is 42.1 Å². The second-order valence-corrected chi connectivity index (χ2v) is 8.31. The Hall–Kier alpha value is -1.07. The normalized spacial score (nSPS) is 20.1. The summed E-state index contributed by atoms with van der Waals surface area (Å²) in [6, 6.07) is 4.44. The van der Waals surface area contributed by atoms with Crippen LogP contribution in [0.5, 0.6) is 0 Å². The zero-order valence-corrected chi connectivity index (χ0v) is 13.9. The number of nitrogens with zero attached hydrogens (tertiary/aromatic N) is 1. The summed E-state index contributed by atoms with van der Waals surface area (Å²) in [5.74, 6) is 0.516. The number of hydrogen-bond acceptors (Lipinski definition) is 3. The molecular weight excluding hydrogens is 310 g/mol. The zero-order valence-electron chi connectivity index (χ0n) is 12.3. The fourth-order valence-corrected chi connectivity index (χ4v) is 3.40. The van der Waals surface area contributed by atoms with Crippen LogP contribution in [-0.4, -0.2) is 32.3 Å². The van der Waals surface area contributed by atoms with Gasteiger partial charge < -0.3 is 4.90 Å². The van der Waals surface area contributed by atoms with E-state index in [4.69, 9.17) is 10.7 Å². The number of benzene rings is 1. The fourth-order valence-electron chi connectivity index (χ4n) is 2.62. The van der Waals surface area contributed by atoms with Gasteiger partial charge in [0.05, 0.1) is 4.90 Å². The SMILES string of the molecule is Cc1ccc(S(=O)(=O)Cl)cc1C(=O)N1CCCC(C)CC1. The lowest BCUT2D eigenvalue weighted by Crippen LogP contribution is -2.32. The van der Waals surface area contributed by atoms with Crippen LogP contribution in [0.15, 0.2) is 23.1 Å². The maximum atomic E-state index is 12.6. The van der Waals surface area contributed by atoms with Crippen LogP contribution < -0.4 is 0 Å². The summed E-state index contributed by atoms with van der Waals surface area (Å²) in [5.41, 5.74) is 1.19. The van der Waals surface area contributed by atoms with Gasteiger partial charge in [-0.05, 0) is 49.8 Å². The van der Waals surface area contributed by atoms with Crippen molar-refractivity contribution in [3.8, 4) is 0 Å². The van der Waals surface area contributed by atoms with E-state index in [1.54, 1.807) is 13.0 Å². The van der Waals surface area contributed by atoms with Gasteiger partial charge in [0.2, 0.25) is 0 Å². The average molecular weight is 330 g/mol. The second-order valence-electron chi connectivity index (χ2n) is 5.74. The molecule has 1 atom stereocenters. The highest BCUT2D eigenvalue weighted by Gasteiger charge is 2.22. The average Bonchev–Trinajstić information content (AvgIpc) is 2.62. The van der Waals surface area contributed by atoms with Crippen molar-refractivity contribution in [3.63, 3.8) is 0 Å². The van der Waals surface area contributed by atoms with Gasteiger partial charge in [0.25, 0.3) is 15.0 Å². The van der Waals surface area contributed by atoms with Crippen LogP contribution in [0.25, 0.3) is 0 Å². The molecule has 1 aliphatic heterocycles. The summed E-state index contributed by atoms with van der Waals surface area (Å²) in [4.78, 5) is 14.4. The Morgan fingerprint density at radius 2 is 2.00 bits per heavy atom. The largest absolute Gasteiger partial charge is 0.339 e. The molecule has 1 aromatic rings. The lowest BCUT2D eigenvalue weighted by molar-refractivity contribution is 0.0759. The predicted octanol–water partition coefficient (Wildman–Crippen LogP) is 3.18. The lowest BCUT2D eigenvalue weighted by atomic mass is 10.0. The first kappa shape index (κ1) is 16.3. The number of aryl methyl sites for hydroxylation is 1. The van der Waals surface area contributed by atoms with Gasteiger partial charge in [-0.3, -0.25) is 4.79 Å². The van der Waals surface area contributed by atoms with Gasteiger partial charge in [0.15, 0.2) is 0 Å². The molecule has 2 rings (SSSR count). The molecule has 0 spiro atoms. The first-order valence-corrected chi connectivity index (χ1v) is 9.44. The number of amides is 1. The number of carbonyl (C=O) groups excluding carboxylic acids is 1. The molecule has 1 unspecified atom stereocenters. The van der Waals surface area contributed by atoms with Crippen molar-refractivity contribution < 1.29 is 13.2 Å². The number of carbonyl (C=O) groups is 1. The molecule has 21 heavy (non-hydrogen) atoms. The molecule has 1 heterocycles. The molecule has 0 N–H and O–H groups in total. The van der Waals surface area contributed by atoms with Gasteiger partial charge in [-0.2, -0.15) is 0 Å². The Balaban J connectivity index is 2.30. The Morgan fingerprint density at radius 3 is 2.67 bits per heavy atom. The molecule has 1 aromatic carbocycles. The van der Waals surface area contributed by atoms with Gasteiger partial charge >= 0.3 is 0 Å². The summed E-state index contributed by atoms with van der Waals surface area (Å²) >= 11 is 0. The van der Waals surface area contributed by atoms with E-state index in [1.807, 2.05) is 4.90 Å². The third-order valence-electron chi connectivity index (χ3n) is 4.02. The van der Waals surface area contributed by atoms with Crippen molar-refractivity contribution in [1.82, 2.24) is 4.90 Å². The highest BCUT2D eigenvalue weighted by molar-refractivity contribution is 8.13. The summed E-state index contributed by atoms with van der Waals surface area (Å²) in [6.07, 6.45) is 3.09. The van der Waals surface area contributed by atoms with Crippen molar-refractivity contribution in [2.75, 3.05) is 13.1 Å². The van der Waals surface area contributed by atoms with Crippen LogP contribution in [0.4, 0.5) is 0 Å². The van der Waals surface area contributed by atoms with E-state index in [1.165, 1.54) is 12.1 Å². The van der Waals surface area contributed by atoms with Crippen LogP contribution in [0, 0.1) is 12.8 Å². The van der Waals surface area contributed by atoms with Gasteiger partial charge in [0, 0.05) is 29.3 Å². The van der Waals surface area contributed by atoms with Gasteiger partial charge in [-0.25, -0.2) is 8.42 Å². The van der Waals surface area contributed by atoms with Crippen molar-refractivity contribution in [2.45, 2.75) is 38.0 Å². The van der Waals surface area contributed by atoms with E-state index in [0.29, 0.717) is 11.5 Å². The quantitative estimate of drug-likeness (QED) is 0.783. The van der Waals surface area contributed by atoms with Crippen molar-refractivity contribution >= 4 is 25.6 Å². The van der Waals surface area contributed by atoms with Crippen molar-refractivity contribution in [3.05, 3.63) is 29.3 Å². The number of likely N-dealkylation sites (tertiary alicyclic amines) is 1. The monoisotopic (exact) mass is 329 g/mol. The van der Waals surface area contributed by atoms with Crippen molar-refractivity contribution in [1.29, 1.82) is 0 Å². The highest BCUT2D eigenvalue weighted by Crippen LogP contribution is 2.23. The first-order valence-electron chi connectivity index (χ1n) is 7.13. The summed E-state index contributed by atoms with van der Waals surface area (Å²) in [5, 5.41) is 0.